The van der Waals surface area contributed by atoms with Crippen LogP contribution in [0.4, 0.5) is 0 Å². The third kappa shape index (κ3) is 2.00. The molecule has 1 fully saturated rings. The Balaban J connectivity index is 2.06. The molecule has 0 spiro atoms. The molecule has 1 aromatic heterocycles. The van der Waals surface area contributed by atoms with Gasteiger partial charge in [0, 0.05) is 23.6 Å². The van der Waals surface area contributed by atoms with Gasteiger partial charge in [0.15, 0.2) is 6.23 Å². The Bertz CT molecular complexity index is 561. The third-order valence-electron chi connectivity index (χ3n) is 3.41. The Morgan fingerprint density at radius 2 is 2.33 bits per heavy atom. The van der Waals surface area contributed by atoms with E-state index < -0.39 is 0 Å². The fourth-order valence-electron chi connectivity index (χ4n) is 2.41. The van der Waals surface area contributed by atoms with Crippen molar-refractivity contribution in [2.24, 2.45) is 5.73 Å². The number of nitrogens with zero attached hydrogens (tertiary/aromatic N) is 2. The van der Waals surface area contributed by atoms with E-state index in [2.05, 4.69) is 5.10 Å². The maximum atomic E-state index is 6.15. The first-order valence-corrected chi connectivity index (χ1v) is 6.64. The summed E-state index contributed by atoms with van der Waals surface area (Å²) in [6.07, 6.45) is 5.21. The van der Waals surface area contributed by atoms with E-state index in [1.807, 2.05) is 23.0 Å². The second kappa shape index (κ2) is 4.88. The summed E-state index contributed by atoms with van der Waals surface area (Å²) >= 11 is 6.15. The molecule has 0 bridgehead atoms. The van der Waals surface area contributed by atoms with E-state index in [4.69, 9.17) is 22.1 Å². The van der Waals surface area contributed by atoms with Crippen molar-refractivity contribution in [1.82, 2.24) is 9.78 Å². The predicted molar refractivity (Wildman–Crippen MR) is 71.5 cm³/mol. The maximum absolute atomic E-state index is 6.15. The number of halogens is 1. The number of hydrogen-bond acceptors (Lipinski definition) is 3. The van der Waals surface area contributed by atoms with Crippen molar-refractivity contribution in [3.63, 3.8) is 0 Å². The minimum Gasteiger partial charge on any atom is -0.356 e. The fraction of sp³-hybridized carbons (Fsp3) is 0.462. The van der Waals surface area contributed by atoms with E-state index in [1.165, 1.54) is 6.42 Å². The first-order chi connectivity index (χ1) is 8.79. The lowest BCUT2D eigenvalue weighted by Crippen LogP contribution is -2.19. The lowest BCUT2D eigenvalue weighted by Gasteiger charge is -2.23. The molecule has 1 saturated heterocycles. The number of rotatable bonds is 2. The van der Waals surface area contributed by atoms with Gasteiger partial charge in [0.05, 0.1) is 11.7 Å². The molecule has 1 atom stereocenters. The van der Waals surface area contributed by atoms with Crippen LogP contribution in [-0.4, -0.2) is 16.4 Å². The molecule has 2 heterocycles. The minimum absolute atomic E-state index is 0.0445. The van der Waals surface area contributed by atoms with Crippen LogP contribution >= 0.6 is 11.6 Å². The Hall–Kier alpha value is -1.10. The number of nitrogens with two attached hydrogens (primary N) is 1. The standard InChI is InChI=1S/C13H16ClN3O/c14-11-5-10-8-16-17(12(10)6-9(11)7-15)13-3-1-2-4-18-13/h5-6,8,13H,1-4,7,15H2. The molecule has 1 aliphatic rings. The molecular formula is C13H16ClN3O. The summed E-state index contributed by atoms with van der Waals surface area (Å²) < 4.78 is 7.72. The van der Waals surface area contributed by atoms with Gasteiger partial charge in [-0.2, -0.15) is 5.10 Å². The van der Waals surface area contributed by atoms with Gasteiger partial charge in [0.2, 0.25) is 0 Å². The number of benzene rings is 1. The molecule has 0 radical (unpaired) electrons. The Kier molecular flexibility index (Phi) is 3.24. The second-order valence-corrected chi connectivity index (χ2v) is 5.02. The molecular weight excluding hydrogens is 250 g/mol. The van der Waals surface area contributed by atoms with Gasteiger partial charge in [-0.05, 0) is 37.0 Å². The summed E-state index contributed by atoms with van der Waals surface area (Å²) in [5.41, 5.74) is 7.69. The number of aromatic nitrogens is 2. The van der Waals surface area contributed by atoms with Crippen LogP contribution in [0.5, 0.6) is 0 Å². The Morgan fingerprint density at radius 3 is 3.06 bits per heavy atom. The number of hydrogen-bond donors (Lipinski definition) is 1. The van der Waals surface area contributed by atoms with E-state index in [9.17, 15) is 0 Å². The van der Waals surface area contributed by atoms with Gasteiger partial charge in [-0.1, -0.05) is 11.6 Å². The van der Waals surface area contributed by atoms with Crippen molar-refractivity contribution in [3.05, 3.63) is 28.9 Å². The van der Waals surface area contributed by atoms with Crippen molar-refractivity contribution < 1.29 is 4.74 Å². The number of fused-ring (bicyclic) bond motifs is 1. The largest absolute Gasteiger partial charge is 0.356 e. The summed E-state index contributed by atoms with van der Waals surface area (Å²) in [7, 11) is 0. The molecule has 1 unspecified atom stereocenters. The molecule has 1 aromatic carbocycles. The molecule has 96 valence electrons. The number of ether oxygens (including phenoxy) is 1. The molecule has 0 aliphatic carbocycles. The molecule has 0 amide bonds. The minimum atomic E-state index is 0.0445. The average Bonchev–Trinajstić information content (AvgIpc) is 2.81. The summed E-state index contributed by atoms with van der Waals surface area (Å²) in [5, 5.41) is 6.16. The van der Waals surface area contributed by atoms with Crippen molar-refractivity contribution in [3.8, 4) is 0 Å². The van der Waals surface area contributed by atoms with Crippen LogP contribution in [0, 0.1) is 0 Å². The maximum Gasteiger partial charge on any atom is 0.150 e. The smallest absolute Gasteiger partial charge is 0.150 e. The van der Waals surface area contributed by atoms with Crippen molar-refractivity contribution in [2.45, 2.75) is 32.0 Å². The average molecular weight is 266 g/mol. The highest BCUT2D eigenvalue weighted by Crippen LogP contribution is 2.29. The van der Waals surface area contributed by atoms with Crippen molar-refractivity contribution in [1.29, 1.82) is 0 Å². The van der Waals surface area contributed by atoms with E-state index in [0.29, 0.717) is 11.6 Å². The monoisotopic (exact) mass is 265 g/mol. The zero-order chi connectivity index (χ0) is 12.5. The molecule has 2 N–H and O–H groups in total. The lowest BCUT2D eigenvalue weighted by atomic mass is 10.1. The van der Waals surface area contributed by atoms with Gasteiger partial charge in [-0.25, -0.2) is 4.68 Å². The normalized spacial score (nSPS) is 20.4. The van der Waals surface area contributed by atoms with E-state index in [1.54, 1.807) is 0 Å². The van der Waals surface area contributed by atoms with Gasteiger partial charge in [0.1, 0.15) is 0 Å². The summed E-state index contributed by atoms with van der Waals surface area (Å²) in [6.45, 7) is 1.24. The molecule has 5 heteroatoms. The van der Waals surface area contributed by atoms with E-state index in [-0.39, 0.29) is 6.23 Å². The predicted octanol–water partition coefficient (Wildman–Crippen LogP) is 2.85. The molecule has 4 nitrogen and oxygen atoms in total. The topological polar surface area (TPSA) is 53.1 Å². The van der Waals surface area contributed by atoms with Crippen LogP contribution in [0.15, 0.2) is 18.3 Å². The lowest BCUT2D eigenvalue weighted by molar-refractivity contribution is -0.0366. The van der Waals surface area contributed by atoms with Crippen LogP contribution < -0.4 is 5.73 Å². The molecule has 2 aromatic rings. The molecule has 18 heavy (non-hydrogen) atoms. The summed E-state index contributed by atoms with van der Waals surface area (Å²) in [4.78, 5) is 0. The van der Waals surface area contributed by atoms with Gasteiger partial charge in [-0.15, -0.1) is 0 Å². The van der Waals surface area contributed by atoms with Crippen LogP contribution in [0.1, 0.15) is 31.1 Å². The third-order valence-corrected chi connectivity index (χ3v) is 3.76. The Morgan fingerprint density at radius 1 is 1.44 bits per heavy atom. The molecule has 3 rings (SSSR count). The van der Waals surface area contributed by atoms with Crippen molar-refractivity contribution >= 4 is 22.5 Å². The van der Waals surface area contributed by atoms with Crippen LogP contribution in [-0.2, 0) is 11.3 Å². The van der Waals surface area contributed by atoms with Gasteiger partial charge >= 0.3 is 0 Å². The van der Waals surface area contributed by atoms with Crippen LogP contribution in [0.2, 0.25) is 5.02 Å². The highest BCUT2D eigenvalue weighted by Gasteiger charge is 2.19. The van der Waals surface area contributed by atoms with Crippen LogP contribution in [0.3, 0.4) is 0 Å². The zero-order valence-electron chi connectivity index (χ0n) is 10.1. The highest BCUT2D eigenvalue weighted by atomic mass is 35.5. The summed E-state index contributed by atoms with van der Waals surface area (Å²) in [5.74, 6) is 0. The van der Waals surface area contributed by atoms with Crippen LogP contribution in [0.25, 0.3) is 10.9 Å². The zero-order valence-corrected chi connectivity index (χ0v) is 10.9. The van der Waals surface area contributed by atoms with E-state index in [0.717, 1.165) is 35.9 Å². The van der Waals surface area contributed by atoms with Gasteiger partial charge in [0.25, 0.3) is 0 Å². The first-order valence-electron chi connectivity index (χ1n) is 6.27. The second-order valence-electron chi connectivity index (χ2n) is 4.62. The molecule has 1 aliphatic heterocycles. The van der Waals surface area contributed by atoms with Crippen molar-refractivity contribution in [2.75, 3.05) is 6.61 Å². The van der Waals surface area contributed by atoms with Gasteiger partial charge in [-0.3, -0.25) is 0 Å². The quantitative estimate of drug-likeness (QED) is 0.908. The van der Waals surface area contributed by atoms with E-state index >= 15 is 0 Å². The van der Waals surface area contributed by atoms with Gasteiger partial charge < -0.3 is 10.5 Å². The molecule has 0 saturated carbocycles. The Labute approximate surface area is 111 Å². The highest BCUT2D eigenvalue weighted by molar-refractivity contribution is 6.32. The first kappa shape index (κ1) is 12.0. The fourth-order valence-corrected chi connectivity index (χ4v) is 2.66. The summed E-state index contributed by atoms with van der Waals surface area (Å²) in [6, 6.07) is 3.94. The SMILES string of the molecule is NCc1cc2c(cnn2C2CCCCO2)cc1Cl.